The first kappa shape index (κ1) is 17.6. The van der Waals surface area contributed by atoms with Gasteiger partial charge in [0.1, 0.15) is 11.5 Å². The van der Waals surface area contributed by atoms with Gasteiger partial charge in [0.25, 0.3) is 0 Å². The van der Waals surface area contributed by atoms with E-state index < -0.39 is 0 Å². The van der Waals surface area contributed by atoms with E-state index in [9.17, 15) is 0 Å². The molecule has 0 saturated heterocycles. The Morgan fingerprint density at radius 3 is 2.64 bits per heavy atom. The van der Waals surface area contributed by atoms with Crippen molar-refractivity contribution in [1.82, 2.24) is 10.2 Å². The second-order valence-corrected chi connectivity index (χ2v) is 7.26. The lowest BCUT2D eigenvalue weighted by Crippen LogP contribution is -1.99. The predicted octanol–water partition coefficient (Wildman–Crippen LogP) is 4.85. The molecule has 7 heteroatoms. The van der Waals surface area contributed by atoms with Gasteiger partial charge < -0.3 is 14.8 Å². The van der Waals surface area contributed by atoms with Crippen LogP contribution >= 0.6 is 23.1 Å². The molecule has 0 atom stereocenters. The first-order chi connectivity index (χ1) is 12.3. The van der Waals surface area contributed by atoms with Crippen molar-refractivity contribution in [3.8, 4) is 11.5 Å². The van der Waals surface area contributed by atoms with Crippen LogP contribution in [0.3, 0.4) is 0 Å². The minimum absolute atomic E-state index is 0.622. The highest BCUT2D eigenvalue weighted by atomic mass is 32.2. The normalized spacial score (nSPS) is 10.4. The molecule has 5 nitrogen and oxygen atoms in total. The van der Waals surface area contributed by atoms with E-state index in [1.165, 1.54) is 11.3 Å². The average molecular weight is 374 g/mol. The van der Waals surface area contributed by atoms with Crippen LogP contribution in [0.4, 0.5) is 10.8 Å². The van der Waals surface area contributed by atoms with Crippen molar-refractivity contribution in [1.29, 1.82) is 0 Å². The van der Waals surface area contributed by atoms with Gasteiger partial charge in [0.05, 0.1) is 18.9 Å². The Kier molecular flexibility index (Phi) is 6.53. The van der Waals surface area contributed by atoms with Gasteiger partial charge >= 0.3 is 0 Å². The van der Waals surface area contributed by atoms with Crippen LogP contribution in [-0.4, -0.2) is 29.2 Å². The van der Waals surface area contributed by atoms with Gasteiger partial charge in [0.15, 0.2) is 4.34 Å². The van der Waals surface area contributed by atoms with Gasteiger partial charge in [-0.2, -0.15) is 0 Å². The van der Waals surface area contributed by atoms with Crippen LogP contribution in [0.5, 0.6) is 11.5 Å². The summed E-state index contributed by atoms with van der Waals surface area (Å²) in [5.74, 6) is 2.51. The maximum absolute atomic E-state index is 5.68. The molecular weight excluding hydrogens is 354 g/mol. The lowest BCUT2D eigenvalue weighted by atomic mass is 10.3. The van der Waals surface area contributed by atoms with E-state index in [1.807, 2.05) is 61.5 Å². The maximum Gasteiger partial charge on any atom is 0.210 e. The van der Waals surface area contributed by atoms with Crippen molar-refractivity contribution >= 4 is 33.9 Å². The zero-order valence-electron chi connectivity index (χ0n) is 13.8. The predicted molar refractivity (Wildman–Crippen MR) is 103 cm³/mol. The lowest BCUT2D eigenvalue weighted by Gasteiger charge is -2.09. The van der Waals surface area contributed by atoms with Gasteiger partial charge in [-0.05, 0) is 31.2 Å². The summed E-state index contributed by atoms with van der Waals surface area (Å²) in [6.07, 6.45) is 0. The highest BCUT2D eigenvalue weighted by Gasteiger charge is 2.08. The van der Waals surface area contributed by atoms with Crippen LogP contribution < -0.4 is 14.8 Å². The van der Waals surface area contributed by atoms with Crippen molar-refractivity contribution in [2.24, 2.45) is 0 Å². The largest absolute Gasteiger partial charge is 0.493 e. The minimum atomic E-state index is 0.622. The fraction of sp³-hybridized carbons (Fsp3) is 0.222. The summed E-state index contributed by atoms with van der Waals surface area (Å²) in [5.41, 5.74) is 0.893. The molecular formula is C18H19N3O2S2. The number of nitrogens with zero attached hydrogens (tertiary/aromatic N) is 2. The monoisotopic (exact) mass is 373 g/mol. The quantitative estimate of drug-likeness (QED) is 0.427. The summed E-state index contributed by atoms with van der Waals surface area (Å²) in [5, 5.41) is 12.4. The number of aromatic nitrogens is 2. The molecule has 1 aromatic heterocycles. The summed E-state index contributed by atoms with van der Waals surface area (Å²) >= 11 is 3.15. The molecule has 0 radical (unpaired) electrons. The van der Waals surface area contributed by atoms with Gasteiger partial charge in [0, 0.05) is 5.75 Å². The topological polar surface area (TPSA) is 56.3 Å². The number of nitrogens with one attached hydrogen (secondary N) is 1. The Labute approximate surface area is 155 Å². The Balaban J connectivity index is 1.49. The Morgan fingerprint density at radius 2 is 1.80 bits per heavy atom. The number of hydrogen-bond donors (Lipinski definition) is 1. The van der Waals surface area contributed by atoms with Gasteiger partial charge in [-0.3, -0.25) is 0 Å². The number of thioether (sulfide) groups is 1. The summed E-state index contributed by atoms with van der Waals surface area (Å²) in [4.78, 5) is 0. The van der Waals surface area contributed by atoms with Gasteiger partial charge in [-0.25, -0.2) is 0 Å². The van der Waals surface area contributed by atoms with Crippen LogP contribution in [0.15, 0.2) is 58.9 Å². The van der Waals surface area contributed by atoms with E-state index in [4.69, 9.17) is 9.47 Å². The Morgan fingerprint density at radius 1 is 1.00 bits per heavy atom. The number of rotatable bonds is 9. The molecule has 0 bridgehead atoms. The first-order valence-electron chi connectivity index (χ1n) is 7.98. The van der Waals surface area contributed by atoms with Gasteiger partial charge in [-0.1, -0.05) is 53.4 Å². The molecule has 0 spiro atoms. The molecule has 3 aromatic rings. The third-order valence-corrected chi connectivity index (χ3v) is 5.09. The third-order valence-electron chi connectivity index (χ3n) is 3.16. The van der Waals surface area contributed by atoms with Crippen LogP contribution in [0, 0.1) is 0 Å². The van der Waals surface area contributed by atoms with Crippen molar-refractivity contribution in [3.05, 3.63) is 54.6 Å². The smallest absolute Gasteiger partial charge is 0.210 e. The summed E-state index contributed by atoms with van der Waals surface area (Å²) in [6.45, 7) is 3.22. The first-order valence-corrected chi connectivity index (χ1v) is 9.78. The van der Waals surface area contributed by atoms with Gasteiger partial charge in [-0.15, -0.1) is 10.2 Å². The van der Waals surface area contributed by atoms with E-state index in [0.717, 1.165) is 32.4 Å². The SMILES string of the molecule is CCOc1ccccc1Nc1nnc(SCCOc2ccccc2)s1. The molecule has 0 aliphatic carbocycles. The zero-order valence-corrected chi connectivity index (χ0v) is 15.5. The molecule has 2 aromatic carbocycles. The van der Waals surface area contributed by atoms with E-state index in [2.05, 4.69) is 15.5 Å². The second kappa shape index (κ2) is 9.29. The fourth-order valence-electron chi connectivity index (χ4n) is 2.09. The third kappa shape index (κ3) is 5.37. The van der Waals surface area contributed by atoms with Crippen molar-refractivity contribution in [3.63, 3.8) is 0 Å². The van der Waals surface area contributed by atoms with Crippen LogP contribution in [0.25, 0.3) is 0 Å². The summed E-state index contributed by atoms with van der Waals surface area (Å²) in [7, 11) is 0. The fourth-order valence-corrected chi connectivity index (χ4v) is 3.74. The highest BCUT2D eigenvalue weighted by molar-refractivity contribution is 8.01. The van der Waals surface area contributed by atoms with E-state index in [1.54, 1.807) is 11.8 Å². The van der Waals surface area contributed by atoms with Gasteiger partial charge in [0.2, 0.25) is 5.13 Å². The highest BCUT2D eigenvalue weighted by Crippen LogP contribution is 2.31. The molecule has 1 heterocycles. The number of anilines is 2. The zero-order chi connectivity index (χ0) is 17.3. The summed E-state index contributed by atoms with van der Waals surface area (Å²) in [6, 6.07) is 17.6. The van der Waals surface area contributed by atoms with Crippen LogP contribution in [0.2, 0.25) is 0 Å². The van der Waals surface area contributed by atoms with E-state index in [-0.39, 0.29) is 0 Å². The number of ether oxygens (including phenoxy) is 2. The standard InChI is InChI=1S/C18H19N3O2S2/c1-2-22-16-11-7-6-10-15(16)19-17-20-21-18(25-17)24-13-12-23-14-8-4-3-5-9-14/h3-11H,2,12-13H2,1H3,(H,19,20). The molecule has 0 unspecified atom stereocenters. The molecule has 0 saturated carbocycles. The molecule has 0 amide bonds. The minimum Gasteiger partial charge on any atom is -0.493 e. The number of benzene rings is 2. The Bertz CT molecular complexity index is 781. The lowest BCUT2D eigenvalue weighted by molar-refractivity contribution is 0.342. The van der Waals surface area contributed by atoms with Crippen molar-refractivity contribution < 1.29 is 9.47 Å². The van der Waals surface area contributed by atoms with E-state index in [0.29, 0.717) is 13.2 Å². The van der Waals surface area contributed by atoms with Crippen molar-refractivity contribution in [2.75, 3.05) is 24.3 Å². The molecule has 3 rings (SSSR count). The molecule has 0 fully saturated rings. The van der Waals surface area contributed by atoms with E-state index >= 15 is 0 Å². The summed E-state index contributed by atoms with van der Waals surface area (Å²) < 4.78 is 12.2. The molecule has 130 valence electrons. The van der Waals surface area contributed by atoms with Crippen LogP contribution in [-0.2, 0) is 0 Å². The number of hydrogen-bond acceptors (Lipinski definition) is 7. The maximum atomic E-state index is 5.68. The number of para-hydroxylation sites is 3. The molecule has 0 aliphatic heterocycles. The Hall–Kier alpha value is -2.25. The van der Waals surface area contributed by atoms with Crippen molar-refractivity contribution in [2.45, 2.75) is 11.3 Å². The second-order valence-electron chi connectivity index (χ2n) is 4.94. The average Bonchev–Trinajstić information content (AvgIpc) is 3.09. The molecule has 0 aliphatic rings. The molecule has 25 heavy (non-hydrogen) atoms. The van der Waals surface area contributed by atoms with Crippen LogP contribution in [0.1, 0.15) is 6.92 Å². The molecule has 1 N–H and O–H groups in total.